The standard InChI is InChI=1S/C15H34N2/c1-4-5-6-7-8-9-10-11-14-17(3)15(2)12-13-16/h15H,4-14,16H2,1-3H3. The van der Waals surface area contributed by atoms with Crippen molar-refractivity contribution in [2.24, 2.45) is 5.73 Å². The Kier molecular flexibility index (Phi) is 12.3. The molecule has 0 aliphatic heterocycles. The fourth-order valence-corrected chi connectivity index (χ4v) is 2.18. The molecule has 104 valence electrons. The number of hydrogen-bond donors (Lipinski definition) is 1. The topological polar surface area (TPSA) is 29.3 Å². The van der Waals surface area contributed by atoms with Crippen LogP contribution in [0.1, 0.15) is 71.6 Å². The van der Waals surface area contributed by atoms with Crippen LogP contribution in [0.4, 0.5) is 0 Å². The summed E-state index contributed by atoms with van der Waals surface area (Å²) in [6.07, 6.45) is 12.4. The summed E-state index contributed by atoms with van der Waals surface area (Å²) in [5.41, 5.74) is 5.57. The molecule has 0 saturated heterocycles. The Labute approximate surface area is 109 Å². The van der Waals surface area contributed by atoms with Crippen molar-refractivity contribution in [2.45, 2.75) is 77.7 Å². The van der Waals surface area contributed by atoms with E-state index in [2.05, 4.69) is 25.8 Å². The first-order valence-corrected chi connectivity index (χ1v) is 7.62. The van der Waals surface area contributed by atoms with Crippen molar-refractivity contribution in [3.63, 3.8) is 0 Å². The average molecular weight is 242 g/mol. The van der Waals surface area contributed by atoms with Crippen LogP contribution in [0.15, 0.2) is 0 Å². The molecule has 0 amide bonds. The third-order valence-corrected chi connectivity index (χ3v) is 3.70. The van der Waals surface area contributed by atoms with Crippen LogP contribution in [-0.4, -0.2) is 31.1 Å². The van der Waals surface area contributed by atoms with Crippen LogP contribution in [0.3, 0.4) is 0 Å². The third kappa shape index (κ3) is 10.8. The van der Waals surface area contributed by atoms with Gasteiger partial charge in [0.2, 0.25) is 0 Å². The molecule has 0 radical (unpaired) electrons. The lowest BCUT2D eigenvalue weighted by molar-refractivity contribution is 0.243. The molecule has 2 nitrogen and oxygen atoms in total. The highest BCUT2D eigenvalue weighted by atomic mass is 15.1. The SMILES string of the molecule is CCCCCCCCCCN(C)C(C)CCN. The van der Waals surface area contributed by atoms with Gasteiger partial charge in [-0.05, 0) is 39.9 Å². The summed E-state index contributed by atoms with van der Waals surface area (Å²) in [5, 5.41) is 0. The normalized spacial score (nSPS) is 13.2. The van der Waals surface area contributed by atoms with Crippen molar-refractivity contribution in [2.75, 3.05) is 20.1 Å². The Morgan fingerprint density at radius 1 is 0.941 bits per heavy atom. The summed E-state index contributed by atoms with van der Waals surface area (Å²) in [6, 6.07) is 0.643. The lowest BCUT2D eigenvalue weighted by Crippen LogP contribution is -2.31. The van der Waals surface area contributed by atoms with E-state index >= 15 is 0 Å². The molecule has 0 aromatic rings. The van der Waals surface area contributed by atoms with E-state index < -0.39 is 0 Å². The summed E-state index contributed by atoms with van der Waals surface area (Å²) in [6.45, 7) is 6.59. The minimum atomic E-state index is 0.643. The van der Waals surface area contributed by atoms with E-state index in [1.165, 1.54) is 57.9 Å². The summed E-state index contributed by atoms with van der Waals surface area (Å²) in [7, 11) is 2.22. The van der Waals surface area contributed by atoms with Gasteiger partial charge in [0.25, 0.3) is 0 Å². The first-order valence-electron chi connectivity index (χ1n) is 7.62. The van der Waals surface area contributed by atoms with Crippen LogP contribution in [-0.2, 0) is 0 Å². The first-order chi connectivity index (χ1) is 8.22. The average Bonchev–Trinajstić information content (AvgIpc) is 2.32. The molecule has 0 spiro atoms. The van der Waals surface area contributed by atoms with Gasteiger partial charge in [-0.1, -0.05) is 51.9 Å². The van der Waals surface area contributed by atoms with E-state index in [-0.39, 0.29) is 0 Å². The van der Waals surface area contributed by atoms with E-state index in [4.69, 9.17) is 5.73 Å². The zero-order valence-corrected chi connectivity index (χ0v) is 12.4. The van der Waals surface area contributed by atoms with Gasteiger partial charge in [0.1, 0.15) is 0 Å². The maximum absolute atomic E-state index is 5.57. The summed E-state index contributed by atoms with van der Waals surface area (Å²) < 4.78 is 0. The highest BCUT2D eigenvalue weighted by Gasteiger charge is 2.06. The van der Waals surface area contributed by atoms with Crippen LogP contribution >= 0.6 is 0 Å². The highest BCUT2D eigenvalue weighted by molar-refractivity contribution is 4.63. The predicted octanol–water partition coefficient (Wildman–Crippen LogP) is 3.80. The van der Waals surface area contributed by atoms with Gasteiger partial charge in [-0.15, -0.1) is 0 Å². The van der Waals surface area contributed by atoms with Gasteiger partial charge < -0.3 is 10.6 Å². The van der Waals surface area contributed by atoms with E-state index in [0.29, 0.717) is 6.04 Å². The molecule has 0 fully saturated rings. The molecule has 0 heterocycles. The lowest BCUT2D eigenvalue weighted by Gasteiger charge is -2.24. The Hall–Kier alpha value is -0.0800. The largest absolute Gasteiger partial charge is 0.330 e. The van der Waals surface area contributed by atoms with Crippen molar-refractivity contribution in [3.05, 3.63) is 0 Å². The van der Waals surface area contributed by atoms with Gasteiger partial charge in [-0.25, -0.2) is 0 Å². The molecule has 0 aliphatic rings. The van der Waals surface area contributed by atoms with Gasteiger partial charge in [0, 0.05) is 6.04 Å². The van der Waals surface area contributed by atoms with Crippen molar-refractivity contribution in [1.82, 2.24) is 4.90 Å². The van der Waals surface area contributed by atoms with E-state index in [9.17, 15) is 0 Å². The van der Waals surface area contributed by atoms with E-state index in [1.807, 2.05) is 0 Å². The Morgan fingerprint density at radius 2 is 1.47 bits per heavy atom. The minimum absolute atomic E-state index is 0.643. The molecular formula is C15H34N2. The maximum Gasteiger partial charge on any atom is 0.00758 e. The molecule has 1 unspecified atom stereocenters. The first kappa shape index (κ1) is 16.9. The van der Waals surface area contributed by atoms with E-state index in [1.54, 1.807) is 0 Å². The quantitative estimate of drug-likeness (QED) is 0.528. The van der Waals surface area contributed by atoms with E-state index in [0.717, 1.165) is 13.0 Å². The lowest BCUT2D eigenvalue weighted by atomic mass is 10.1. The van der Waals surface area contributed by atoms with Gasteiger partial charge >= 0.3 is 0 Å². The zero-order chi connectivity index (χ0) is 12.9. The molecule has 0 saturated carbocycles. The van der Waals surface area contributed by atoms with Crippen molar-refractivity contribution >= 4 is 0 Å². The van der Waals surface area contributed by atoms with Crippen LogP contribution in [0.25, 0.3) is 0 Å². The summed E-state index contributed by atoms with van der Waals surface area (Å²) >= 11 is 0. The van der Waals surface area contributed by atoms with Gasteiger partial charge in [-0.3, -0.25) is 0 Å². The number of unbranched alkanes of at least 4 members (excludes halogenated alkanes) is 7. The molecule has 2 heteroatoms. The predicted molar refractivity (Wildman–Crippen MR) is 78.4 cm³/mol. The number of nitrogens with two attached hydrogens (primary N) is 1. The Bertz CT molecular complexity index is 148. The molecular weight excluding hydrogens is 208 g/mol. The Morgan fingerprint density at radius 3 is 2.00 bits per heavy atom. The van der Waals surface area contributed by atoms with Crippen molar-refractivity contribution in [3.8, 4) is 0 Å². The minimum Gasteiger partial charge on any atom is -0.330 e. The highest BCUT2D eigenvalue weighted by Crippen LogP contribution is 2.09. The molecule has 17 heavy (non-hydrogen) atoms. The van der Waals surface area contributed by atoms with Gasteiger partial charge in [-0.2, -0.15) is 0 Å². The smallest absolute Gasteiger partial charge is 0.00758 e. The number of nitrogens with zero attached hydrogens (tertiary/aromatic N) is 1. The van der Waals surface area contributed by atoms with Gasteiger partial charge in [0.05, 0.1) is 0 Å². The summed E-state index contributed by atoms with van der Waals surface area (Å²) in [4.78, 5) is 2.45. The molecule has 1 atom stereocenters. The molecule has 2 N–H and O–H groups in total. The summed E-state index contributed by atoms with van der Waals surface area (Å²) in [5.74, 6) is 0. The van der Waals surface area contributed by atoms with Crippen LogP contribution in [0.5, 0.6) is 0 Å². The maximum atomic E-state index is 5.57. The molecule has 0 rings (SSSR count). The van der Waals surface area contributed by atoms with Crippen molar-refractivity contribution in [1.29, 1.82) is 0 Å². The second kappa shape index (κ2) is 12.4. The molecule has 0 aromatic heterocycles. The second-order valence-electron chi connectivity index (χ2n) is 5.38. The van der Waals surface area contributed by atoms with Crippen molar-refractivity contribution < 1.29 is 0 Å². The van der Waals surface area contributed by atoms with Crippen LogP contribution in [0, 0.1) is 0 Å². The molecule has 0 aromatic carbocycles. The van der Waals surface area contributed by atoms with Crippen LogP contribution in [0.2, 0.25) is 0 Å². The monoisotopic (exact) mass is 242 g/mol. The van der Waals surface area contributed by atoms with Gasteiger partial charge in [0.15, 0.2) is 0 Å². The third-order valence-electron chi connectivity index (χ3n) is 3.70. The molecule has 0 aliphatic carbocycles. The fourth-order valence-electron chi connectivity index (χ4n) is 2.18. The van der Waals surface area contributed by atoms with Crippen LogP contribution < -0.4 is 5.73 Å². The zero-order valence-electron chi connectivity index (χ0n) is 12.4. The second-order valence-corrected chi connectivity index (χ2v) is 5.38. The fraction of sp³-hybridized carbons (Fsp3) is 1.00. The molecule has 0 bridgehead atoms. The number of hydrogen-bond acceptors (Lipinski definition) is 2. The Balaban J connectivity index is 3.21. The number of rotatable bonds is 12.